The van der Waals surface area contributed by atoms with Gasteiger partial charge in [0.15, 0.2) is 0 Å². The fourth-order valence-electron chi connectivity index (χ4n) is 2.33. The summed E-state index contributed by atoms with van der Waals surface area (Å²) < 4.78 is 59.5. The number of benzene rings is 2. The van der Waals surface area contributed by atoms with E-state index in [4.69, 9.17) is 4.74 Å². The summed E-state index contributed by atoms with van der Waals surface area (Å²) >= 11 is 3.23. The van der Waals surface area contributed by atoms with Crippen molar-refractivity contribution < 1.29 is 26.4 Å². The van der Waals surface area contributed by atoms with E-state index in [1.54, 1.807) is 0 Å². The molecule has 0 fully saturated rings. The van der Waals surface area contributed by atoms with E-state index in [1.165, 1.54) is 49.6 Å². The number of amides is 2. The Labute approximate surface area is 184 Å². The Bertz CT molecular complexity index is 1100. The molecule has 0 aliphatic heterocycles. The van der Waals surface area contributed by atoms with Crippen molar-refractivity contribution in [1.29, 1.82) is 0 Å². The van der Waals surface area contributed by atoms with Crippen molar-refractivity contribution >= 4 is 47.7 Å². The number of anilines is 1. The van der Waals surface area contributed by atoms with Crippen molar-refractivity contribution in [2.24, 2.45) is 0 Å². The molecule has 0 spiro atoms. The number of rotatable bonds is 9. The number of sulfonamides is 2. The second kappa shape index (κ2) is 10.1. The zero-order valence-electron chi connectivity index (χ0n) is 16.3. The molecule has 0 bridgehead atoms. The van der Waals surface area contributed by atoms with E-state index < -0.39 is 26.1 Å². The lowest BCUT2D eigenvalue weighted by atomic mass is 10.3. The van der Waals surface area contributed by atoms with Gasteiger partial charge in [0.1, 0.15) is 5.75 Å². The number of nitrogens with one attached hydrogen (secondary N) is 3. The molecular weight excluding hydrogens is 498 g/mol. The van der Waals surface area contributed by atoms with Crippen molar-refractivity contribution in [3.63, 3.8) is 0 Å². The van der Waals surface area contributed by atoms with Crippen molar-refractivity contribution in [3.05, 3.63) is 46.9 Å². The van der Waals surface area contributed by atoms with Crippen LogP contribution in [-0.4, -0.2) is 36.5 Å². The lowest BCUT2D eigenvalue weighted by molar-refractivity contribution is 0.245. The van der Waals surface area contributed by atoms with Crippen LogP contribution in [0.4, 0.5) is 10.5 Å². The van der Waals surface area contributed by atoms with E-state index in [-0.39, 0.29) is 15.5 Å². The van der Waals surface area contributed by atoms with Gasteiger partial charge in [0, 0.05) is 12.2 Å². The van der Waals surface area contributed by atoms with E-state index in [0.717, 1.165) is 12.8 Å². The molecular formula is C18H22BrN3O6S2. The highest BCUT2D eigenvalue weighted by atomic mass is 79.9. The highest BCUT2D eigenvalue weighted by Crippen LogP contribution is 2.28. The first-order valence-corrected chi connectivity index (χ1v) is 12.6. The summed E-state index contributed by atoms with van der Waals surface area (Å²) in [4.78, 5) is 11.5. The van der Waals surface area contributed by atoms with Crippen LogP contribution >= 0.6 is 15.9 Å². The number of carbonyl (C=O) groups excluding carboxylic acids is 1. The molecule has 0 unspecified atom stereocenters. The Hall–Kier alpha value is -2.31. The zero-order valence-corrected chi connectivity index (χ0v) is 19.5. The second-order valence-corrected chi connectivity index (χ2v) is 10.4. The molecule has 0 atom stereocenters. The van der Waals surface area contributed by atoms with Gasteiger partial charge in [-0.3, -0.25) is 4.72 Å². The molecule has 0 aliphatic rings. The van der Waals surface area contributed by atoms with Crippen molar-refractivity contribution in [1.82, 2.24) is 10.0 Å². The molecule has 2 aromatic carbocycles. The summed E-state index contributed by atoms with van der Waals surface area (Å²) in [7, 11) is -6.52. The summed E-state index contributed by atoms with van der Waals surface area (Å²) in [5.41, 5.74) is 0.160. The third-order valence-electron chi connectivity index (χ3n) is 3.89. The number of hydrogen-bond acceptors (Lipinski definition) is 6. The summed E-state index contributed by atoms with van der Waals surface area (Å²) in [6.45, 7) is 2.31. The third-order valence-corrected chi connectivity index (χ3v) is 7.24. The zero-order chi connectivity index (χ0) is 22.4. The first kappa shape index (κ1) is 24.0. The van der Waals surface area contributed by atoms with Crippen molar-refractivity contribution in [3.8, 4) is 5.75 Å². The molecule has 2 amide bonds. The van der Waals surface area contributed by atoms with Crippen LogP contribution in [-0.2, 0) is 20.0 Å². The Kier molecular flexibility index (Phi) is 8.10. The summed E-state index contributed by atoms with van der Waals surface area (Å²) in [6, 6.07) is 8.43. The number of urea groups is 1. The summed E-state index contributed by atoms with van der Waals surface area (Å²) in [5.74, 6) is 0.481. The largest absolute Gasteiger partial charge is 0.496 e. The number of halogens is 1. The molecule has 0 radical (unpaired) electrons. The highest BCUT2D eigenvalue weighted by molar-refractivity contribution is 9.10. The monoisotopic (exact) mass is 519 g/mol. The van der Waals surface area contributed by atoms with Gasteiger partial charge in [-0.2, -0.15) is 0 Å². The maximum absolute atomic E-state index is 12.5. The molecule has 2 aromatic rings. The molecule has 2 rings (SSSR count). The molecule has 0 heterocycles. The summed E-state index contributed by atoms with van der Waals surface area (Å²) in [5, 5.41) is 2.45. The molecule has 30 heavy (non-hydrogen) atoms. The van der Waals surface area contributed by atoms with E-state index >= 15 is 0 Å². The van der Waals surface area contributed by atoms with Crippen LogP contribution in [0.25, 0.3) is 0 Å². The topological polar surface area (TPSA) is 131 Å². The quantitative estimate of drug-likeness (QED) is 0.436. The lowest BCUT2D eigenvalue weighted by Gasteiger charge is -2.11. The summed E-state index contributed by atoms with van der Waals surface area (Å²) in [6.07, 6.45) is 1.59. The van der Waals surface area contributed by atoms with Gasteiger partial charge >= 0.3 is 6.03 Å². The van der Waals surface area contributed by atoms with Crippen molar-refractivity contribution in [2.45, 2.75) is 29.6 Å². The van der Waals surface area contributed by atoms with Gasteiger partial charge in [0.05, 0.1) is 21.4 Å². The minimum Gasteiger partial charge on any atom is -0.496 e. The number of unbranched alkanes of at least 4 members (excludes halogenated alkanes) is 1. The molecule has 12 heteroatoms. The Morgan fingerprint density at radius 1 is 1.00 bits per heavy atom. The first-order valence-electron chi connectivity index (χ1n) is 8.86. The van der Waals surface area contributed by atoms with Crippen LogP contribution < -0.4 is 19.5 Å². The van der Waals surface area contributed by atoms with E-state index in [2.05, 4.69) is 26.0 Å². The SMILES string of the molecule is CCCCNC(=O)NS(=O)(=O)c1ccc(NS(=O)(=O)c2ccc(OC)c(Br)c2)cc1. The van der Waals surface area contributed by atoms with Crippen LogP contribution in [0.15, 0.2) is 56.7 Å². The molecule has 0 aliphatic carbocycles. The average molecular weight is 520 g/mol. The minimum absolute atomic E-state index is 0.00251. The van der Waals surface area contributed by atoms with E-state index in [1.807, 2.05) is 11.6 Å². The fourth-order valence-corrected chi connectivity index (χ4v) is 5.03. The molecule has 0 aromatic heterocycles. The molecule has 0 saturated heterocycles. The van der Waals surface area contributed by atoms with Crippen molar-refractivity contribution in [2.75, 3.05) is 18.4 Å². The molecule has 3 N–H and O–H groups in total. The van der Waals surface area contributed by atoms with Crippen LogP contribution in [0, 0.1) is 0 Å². The number of hydrogen-bond donors (Lipinski definition) is 3. The standard InChI is InChI=1S/C18H22BrN3O6S2/c1-3-4-11-20-18(23)22-29(24,25)14-7-5-13(6-8-14)21-30(26,27)15-9-10-17(28-2)16(19)12-15/h5-10,12,21H,3-4,11H2,1-2H3,(H2,20,22,23). The van der Waals surface area contributed by atoms with E-state index in [9.17, 15) is 21.6 Å². The van der Waals surface area contributed by atoms with E-state index in [0.29, 0.717) is 16.8 Å². The second-order valence-electron chi connectivity index (χ2n) is 6.14. The number of methoxy groups -OCH3 is 1. The number of ether oxygens (including phenoxy) is 1. The van der Waals surface area contributed by atoms with Crippen LogP contribution in [0.2, 0.25) is 0 Å². The predicted octanol–water partition coefficient (Wildman–Crippen LogP) is 3.05. The Morgan fingerprint density at radius 2 is 1.63 bits per heavy atom. The van der Waals surface area contributed by atoms with Crippen LogP contribution in [0.1, 0.15) is 19.8 Å². The first-order chi connectivity index (χ1) is 14.1. The molecule has 9 nitrogen and oxygen atoms in total. The number of carbonyl (C=O) groups is 1. The maximum atomic E-state index is 12.5. The van der Waals surface area contributed by atoms with Gasteiger partial charge in [-0.25, -0.2) is 26.4 Å². The lowest BCUT2D eigenvalue weighted by Crippen LogP contribution is -2.39. The fraction of sp³-hybridized carbons (Fsp3) is 0.278. The third kappa shape index (κ3) is 6.34. The Balaban J connectivity index is 2.11. The maximum Gasteiger partial charge on any atom is 0.328 e. The minimum atomic E-state index is -4.08. The van der Waals surface area contributed by atoms with Gasteiger partial charge in [-0.1, -0.05) is 13.3 Å². The smallest absolute Gasteiger partial charge is 0.328 e. The van der Waals surface area contributed by atoms with Gasteiger partial charge < -0.3 is 10.1 Å². The van der Waals surface area contributed by atoms with Crippen LogP contribution in [0.3, 0.4) is 0 Å². The molecule has 164 valence electrons. The van der Waals surface area contributed by atoms with Gasteiger partial charge in [0.25, 0.3) is 20.0 Å². The molecule has 0 saturated carbocycles. The van der Waals surface area contributed by atoms with Gasteiger partial charge in [0.2, 0.25) is 0 Å². The predicted molar refractivity (Wildman–Crippen MR) is 117 cm³/mol. The average Bonchev–Trinajstić information content (AvgIpc) is 2.68. The normalized spacial score (nSPS) is 11.6. The van der Waals surface area contributed by atoms with Gasteiger partial charge in [-0.15, -0.1) is 0 Å². The van der Waals surface area contributed by atoms with Crippen LogP contribution in [0.5, 0.6) is 5.75 Å². The Morgan fingerprint density at radius 3 is 2.20 bits per heavy atom. The van der Waals surface area contributed by atoms with Gasteiger partial charge in [-0.05, 0) is 64.8 Å². The highest BCUT2D eigenvalue weighted by Gasteiger charge is 2.19.